The molecule has 0 saturated carbocycles. The predicted molar refractivity (Wildman–Crippen MR) is 165 cm³/mol. The van der Waals surface area contributed by atoms with Gasteiger partial charge < -0.3 is 14.2 Å². The van der Waals surface area contributed by atoms with Crippen molar-refractivity contribution in [2.45, 2.75) is 59.3 Å². The average Bonchev–Trinajstić information content (AvgIpc) is 3.00. The lowest BCUT2D eigenvalue weighted by Crippen LogP contribution is -2.11. The Morgan fingerprint density at radius 2 is 1.46 bits per heavy atom. The van der Waals surface area contributed by atoms with Gasteiger partial charge in [0.15, 0.2) is 0 Å². The number of rotatable bonds is 16. The number of aliphatic imine (C=N–C) groups is 1. The molecule has 6 heteroatoms. The molecule has 0 amide bonds. The number of carbonyl (C=O) groups is 2. The first-order valence-electron chi connectivity index (χ1n) is 14.5. The van der Waals surface area contributed by atoms with Crippen molar-refractivity contribution in [2.24, 2.45) is 10.9 Å². The van der Waals surface area contributed by atoms with E-state index in [0.29, 0.717) is 29.5 Å². The maximum atomic E-state index is 12.3. The van der Waals surface area contributed by atoms with Crippen LogP contribution in [0.1, 0.15) is 80.8 Å². The van der Waals surface area contributed by atoms with Crippen molar-refractivity contribution >= 4 is 29.9 Å². The van der Waals surface area contributed by atoms with Crippen LogP contribution in [0.4, 0.5) is 5.69 Å². The Hall–Kier alpha value is -4.19. The predicted octanol–water partition coefficient (Wildman–Crippen LogP) is 8.61. The van der Waals surface area contributed by atoms with Crippen LogP contribution in [0.3, 0.4) is 0 Å². The molecule has 0 aliphatic rings. The SMILES string of the molecule is CCCCCCCOc1ccc(/C=C/C(=O)Oc2ccc(C=Nc3ccc(C(=O)OC[C@@H](C)CC)cc3)cc2)cc1. The zero-order valence-corrected chi connectivity index (χ0v) is 24.4. The van der Waals surface area contributed by atoms with E-state index >= 15 is 0 Å². The number of unbranched alkanes of at least 4 members (excludes halogenated alkanes) is 4. The van der Waals surface area contributed by atoms with Gasteiger partial charge in [-0.15, -0.1) is 0 Å². The molecule has 0 aliphatic carbocycles. The van der Waals surface area contributed by atoms with Crippen LogP contribution in [0.15, 0.2) is 83.9 Å². The highest BCUT2D eigenvalue weighted by Crippen LogP contribution is 2.17. The van der Waals surface area contributed by atoms with E-state index < -0.39 is 5.97 Å². The lowest BCUT2D eigenvalue weighted by molar-refractivity contribution is -0.128. The van der Waals surface area contributed by atoms with Gasteiger partial charge in [-0.2, -0.15) is 0 Å². The molecule has 0 heterocycles. The smallest absolute Gasteiger partial charge is 0.338 e. The molecular formula is C35H41NO5. The normalized spacial score (nSPS) is 12.0. The van der Waals surface area contributed by atoms with E-state index in [1.54, 1.807) is 48.7 Å². The van der Waals surface area contributed by atoms with E-state index in [1.165, 1.54) is 31.8 Å². The zero-order valence-electron chi connectivity index (χ0n) is 24.4. The summed E-state index contributed by atoms with van der Waals surface area (Å²) >= 11 is 0. The van der Waals surface area contributed by atoms with Crippen molar-refractivity contribution in [3.05, 3.63) is 95.6 Å². The summed E-state index contributed by atoms with van der Waals surface area (Å²) in [6.07, 6.45) is 11.8. The fraction of sp³-hybridized carbons (Fsp3) is 0.343. The van der Waals surface area contributed by atoms with E-state index in [0.717, 1.165) is 36.3 Å². The quantitative estimate of drug-likeness (QED) is 0.0582. The molecule has 0 N–H and O–H groups in total. The third kappa shape index (κ3) is 11.8. The van der Waals surface area contributed by atoms with Crippen molar-refractivity contribution in [3.8, 4) is 11.5 Å². The first-order valence-corrected chi connectivity index (χ1v) is 14.5. The van der Waals surface area contributed by atoms with Crippen molar-refractivity contribution in [1.82, 2.24) is 0 Å². The van der Waals surface area contributed by atoms with Gasteiger partial charge in [-0.1, -0.05) is 65.0 Å². The minimum Gasteiger partial charge on any atom is -0.494 e. The summed E-state index contributed by atoms with van der Waals surface area (Å²) in [5, 5.41) is 0. The molecule has 0 unspecified atom stereocenters. The van der Waals surface area contributed by atoms with Gasteiger partial charge in [0.05, 0.1) is 24.5 Å². The van der Waals surface area contributed by atoms with Crippen molar-refractivity contribution in [3.63, 3.8) is 0 Å². The van der Waals surface area contributed by atoms with E-state index in [2.05, 4.69) is 18.8 Å². The average molecular weight is 556 g/mol. The van der Waals surface area contributed by atoms with Gasteiger partial charge in [0.25, 0.3) is 0 Å². The molecular weight excluding hydrogens is 514 g/mol. The van der Waals surface area contributed by atoms with Gasteiger partial charge >= 0.3 is 11.9 Å². The van der Waals surface area contributed by atoms with E-state index in [1.807, 2.05) is 43.3 Å². The number of ether oxygens (including phenoxy) is 3. The molecule has 0 aliphatic heterocycles. The Bertz CT molecular complexity index is 1260. The van der Waals surface area contributed by atoms with Crippen LogP contribution in [0.2, 0.25) is 0 Å². The Morgan fingerprint density at radius 1 is 0.805 bits per heavy atom. The summed E-state index contributed by atoms with van der Waals surface area (Å²) < 4.78 is 16.5. The Morgan fingerprint density at radius 3 is 2.15 bits per heavy atom. The topological polar surface area (TPSA) is 74.2 Å². The highest BCUT2D eigenvalue weighted by molar-refractivity contribution is 5.90. The molecule has 1 atom stereocenters. The highest BCUT2D eigenvalue weighted by atomic mass is 16.5. The highest BCUT2D eigenvalue weighted by Gasteiger charge is 2.09. The van der Waals surface area contributed by atoms with Crippen molar-refractivity contribution in [1.29, 1.82) is 0 Å². The van der Waals surface area contributed by atoms with Crippen LogP contribution < -0.4 is 9.47 Å². The van der Waals surface area contributed by atoms with Crippen LogP contribution >= 0.6 is 0 Å². The molecule has 3 aromatic carbocycles. The van der Waals surface area contributed by atoms with Crippen LogP contribution in [0.5, 0.6) is 11.5 Å². The van der Waals surface area contributed by atoms with E-state index in [4.69, 9.17) is 14.2 Å². The van der Waals surface area contributed by atoms with Gasteiger partial charge in [0.1, 0.15) is 11.5 Å². The molecule has 41 heavy (non-hydrogen) atoms. The molecule has 0 fully saturated rings. The summed E-state index contributed by atoms with van der Waals surface area (Å²) in [6.45, 7) is 7.46. The monoisotopic (exact) mass is 555 g/mol. The molecule has 216 valence electrons. The minimum atomic E-state index is -0.457. The van der Waals surface area contributed by atoms with E-state index in [9.17, 15) is 9.59 Å². The van der Waals surface area contributed by atoms with Gasteiger partial charge in [-0.25, -0.2) is 9.59 Å². The maximum Gasteiger partial charge on any atom is 0.338 e. The molecule has 3 aromatic rings. The van der Waals surface area contributed by atoms with Gasteiger partial charge in [0, 0.05) is 12.3 Å². The molecule has 0 bridgehead atoms. The summed E-state index contributed by atoms with van der Waals surface area (Å²) in [5.41, 5.74) is 2.95. The van der Waals surface area contributed by atoms with Crippen LogP contribution in [-0.4, -0.2) is 31.4 Å². The lowest BCUT2D eigenvalue weighted by atomic mass is 10.1. The second kappa shape index (κ2) is 17.5. The third-order valence-electron chi connectivity index (χ3n) is 6.57. The molecule has 0 aromatic heterocycles. The fourth-order valence-electron chi connectivity index (χ4n) is 3.76. The first kappa shape index (κ1) is 31.3. The summed E-state index contributed by atoms with van der Waals surface area (Å²) in [7, 11) is 0. The number of nitrogens with zero attached hydrogens (tertiary/aromatic N) is 1. The van der Waals surface area contributed by atoms with E-state index in [-0.39, 0.29) is 5.97 Å². The summed E-state index contributed by atoms with van der Waals surface area (Å²) in [6, 6.07) is 21.7. The summed E-state index contributed by atoms with van der Waals surface area (Å²) in [5.74, 6) is 0.832. The standard InChI is InChI=1S/C35H41NO5/c1-4-6-7-8-9-24-39-32-19-10-28(11-20-32)14-23-34(37)41-33-21-12-29(13-22-33)25-36-31-17-15-30(16-18-31)35(38)40-26-27(3)5-2/h10-23,25,27H,4-9,24,26H2,1-3H3/b23-14+,36-25?/t27-/m0/s1. The number of carbonyl (C=O) groups excluding carboxylic acids is 2. The second-order valence-corrected chi connectivity index (χ2v) is 10.1. The number of hydrogen-bond donors (Lipinski definition) is 0. The fourth-order valence-corrected chi connectivity index (χ4v) is 3.76. The molecule has 0 spiro atoms. The number of esters is 2. The lowest BCUT2D eigenvalue weighted by Gasteiger charge is -2.09. The summed E-state index contributed by atoms with van der Waals surface area (Å²) in [4.78, 5) is 28.9. The third-order valence-corrected chi connectivity index (χ3v) is 6.57. The number of benzene rings is 3. The van der Waals surface area contributed by atoms with Crippen LogP contribution in [0, 0.1) is 5.92 Å². The first-order chi connectivity index (χ1) is 20.0. The van der Waals surface area contributed by atoms with Crippen molar-refractivity contribution < 1.29 is 23.8 Å². The van der Waals surface area contributed by atoms with Gasteiger partial charge in [-0.05, 0) is 90.2 Å². The minimum absolute atomic E-state index is 0.327. The zero-order chi connectivity index (χ0) is 29.3. The molecule has 6 nitrogen and oxygen atoms in total. The molecule has 0 radical (unpaired) electrons. The number of hydrogen-bond acceptors (Lipinski definition) is 6. The van der Waals surface area contributed by atoms with Crippen LogP contribution in [-0.2, 0) is 9.53 Å². The van der Waals surface area contributed by atoms with Gasteiger partial charge in [0.2, 0.25) is 0 Å². The Balaban J connectivity index is 1.42. The second-order valence-electron chi connectivity index (χ2n) is 10.1. The Kier molecular flexibility index (Phi) is 13.4. The maximum absolute atomic E-state index is 12.3. The Labute approximate surface area is 244 Å². The molecule has 0 saturated heterocycles. The largest absolute Gasteiger partial charge is 0.494 e. The van der Waals surface area contributed by atoms with Crippen LogP contribution in [0.25, 0.3) is 6.08 Å². The van der Waals surface area contributed by atoms with Crippen molar-refractivity contribution in [2.75, 3.05) is 13.2 Å². The molecule has 3 rings (SSSR count). The van der Waals surface area contributed by atoms with Gasteiger partial charge in [-0.3, -0.25) is 4.99 Å².